The number of carbonyl (C=O) groups excluding carboxylic acids is 2. The SMILES string of the molecule is O=C(O)C[C@@H](NC(=O)c1cnc(CNS(=O)(=O)c2ccc(O)c(C(=O)O)c2)cn1)C(=O)CSCc1ccccc1Cl. The van der Waals surface area contributed by atoms with Gasteiger partial charge in [-0.3, -0.25) is 19.4 Å². The number of benzene rings is 2. The van der Waals surface area contributed by atoms with Crippen molar-refractivity contribution >= 4 is 57.0 Å². The summed E-state index contributed by atoms with van der Waals surface area (Å²) in [6, 6.07) is 8.50. The highest BCUT2D eigenvalue weighted by Crippen LogP contribution is 2.22. The maximum Gasteiger partial charge on any atom is 0.339 e. The third-order valence-corrected chi connectivity index (χ3v) is 8.19. The van der Waals surface area contributed by atoms with Crippen molar-refractivity contribution in [2.24, 2.45) is 0 Å². The highest BCUT2D eigenvalue weighted by atomic mass is 35.5. The Bertz CT molecular complexity index is 1570. The second-order valence-corrected chi connectivity index (χ2v) is 11.5. The molecule has 0 saturated heterocycles. The number of phenols is 1. The fraction of sp³-hybridized carbons (Fsp3) is 0.200. The van der Waals surface area contributed by atoms with E-state index in [9.17, 15) is 37.8 Å². The largest absolute Gasteiger partial charge is 0.507 e. The van der Waals surface area contributed by atoms with E-state index >= 15 is 0 Å². The molecule has 3 rings (SSSR count). The number of carbonyl (C=O) groups is 4. The summed E-state index contributed by atoms with van der Waals surface area (Å²) in [4.78, 5) is 55.2. The molecule has 0 aliphatic rings. The van der Waals surface area contributed by atoms with Crippen LogP contribution in [0.3, 0.4) is 0 Å². The number of Topliss-reactive ketones (excluding diaryl/α,β-unsaturated/α-hetero) is 1. The van der Waals surface area contributed by atoms with Crippen LogP contribution in [0.25, 0.3) is 0 Å². The summed E-state index contributed by atoms with van der Waals surface area (Å²) in [7, 11) is -4.20. The van der Waals surface area contributed by atoms with Crippen molar-refractivity contribution in [3.8, 4) is 5.75 Å². The molecular weight excluding hydrogens is 600 g/mol. The maximum absolute atomic E-state index is 12.7. The molecule has 0 aliphatic carbocycles. The van der Waals surface area contributed by atoms with Gasteiger partial charge in [0.2, 0.25) is 10.0 Å². The number of carboxylic acid groups (broad SMARTS) is 2. The zero-order valence-electron chi connectivity index (χ0n) is 21.0. The summed E-state index contributed by atoms with van der Waals surface area (Å²) in [6.07, 6.45) is 1.48. The molecule has 2 aromatic carbocycles. The van der Waals surface area contributed by atoms with E-state index in [2.05, 4.69) is 20.0 Å². The third-order valence-electron chi connectivity index (χ3n) is 5.42. The summed E-state index contributed by atoms with van der Waals surface area (Å²) >= 11 is 7.32. The minimum absolute atomic E-state index is 0.0802. The summed E-state index contributed by atoms with van der Waals surface area (Å²) in [5, 5.41) is 30.7. The fourth-order valence-corrected chi connectivity index (χ4v) is 5.58. The van der Waals surface area contributed by atoms with Crippen LogP contribution < -0.4 is 10.0 Å². The van der Waals surface area contributed by atoms with Gasteiger partial charge in [-0.1, -0.05) is 29.8 Å². The van der Waals surface area contributed by atoms with Crippen molar-refractivity contribution in [2.75, 3.05) is 5.75 Å². The van der Waals surface area contributed by atoms with Gasteiger partial charge in [0.05, 0.1) is 47.7 Å². The molecule has 5 N–H and O–H groups in total. The number of aromatic hydroxyl groups is 1. The molecule has 1 aromatic heterocycles. The van der Waals surface area contributed by atoms with Crippen LogP contribution in [-0.4, -0.2) is 69.1 Å². The predicted octanol–water partition coefficient (Wildman–Crippen LogP) is 2.09. The first kappa shape index (κ1) is 31.5. The first-order valence-corrected chi connectivity index (χ1v) is 14.6. The molecule has 13 nitrogen and oxygen atoms in total. The Morgan fingerprint density at radius 2 is 1.76 bits per heavy atom. The number of ketones is 1. The van der Waals surface area contributed by atoms with Crippen molar-refractivity contribution in [3.05, 3.63) is 82.4 Å². The molecule has 41 heavy (non-hydrogen) atoms. The Balaban J connectivity index is 1.60. The molecule has 0 fully saturated rings. The van der Waals surface area contributed by atoms with Crippen molar-refractivity contribution in [1.82, 2.24) is 20.0 Å². The van der Waals surface area contributed by atoms with Gasteiger partial charge in [-0.25, -0.2) is 22.9 Å². The summed E-state index contributed by atoms with van der Waals surface area (Å²) < 4.78 is 27.3. The van der Waals surface area contributed by atoms with E-state index in [4.69, 9.17) is 16.7 Å². The molecule has 16 heteroatoms. The number of aliphatic carboxylic acids is 1. The first-order chi connectivity index (χ1) is 19.4. The number of sulfonamides is 1. The van der Waals surface area contributed by atoms with Gasteiger partial charge in [0.25, 0.3) is 5.91 Å². The second kappa shape index (κ2) is 14.0. The minimum atomic E-state index is -4.20. The minimum Gasteiger partial charge on any atom is -0.507 e. The molecule has 0 saturated carbocycles. The number of hydrogen-bond acceptors (Lipinski definition) is 10. The van der Waals surface area contributed by atoms with Crippen LogP contribution >= 0.6 is 23.4 Å². The van der Waals surface area contributed by atoms with Gasteiger partial charge in [-0.15, -0.1) is 11.8 Å². The third kappa shape index (κ3) is 8.97. The van der Waals surface area contributed by atoms with Crippen molar-refractivity contribution in [1.29, 1.82) is 0 Å². The van der Waals surface area contributed by atoms with Gasteiger partial charge in [0, 0.05) is 10.8 Å². The van der Waals surface area contributed by atoms with Crippen LogP contribution in [-0.2, 0) is 31.9 Å². The number of hydrogen-bond donors (Lipinski definition) is 5. The lowest BCUT2D eigenvalue weighted by molar-refractivity contribution is -0.139. The topological polar surface area (TPSA) is 213 Å². The number of rotatable bonds is 14. The molecule has 1 atom stereocenters. The van der Waals surface area contributed by atoms with Crippen LogP contribution in [0.4, 0.5) is 0 Å². The average Bonchev–Trinajstić information content (AvgIpc) is 2.92. The molecule has 0 radical (unpaired) electrons. The molecule has 1 heterocycles. The number of aromatic carboxylic acids is 1. The zero-order valence-corrected chi connectivity index (χ0v) is 23.4. The molecule has 3 aromatic rings. The van der Waals surface area contributed by atoms with E-state index in [1.165, 1.54) is 11.8 Å². The zero-order chi connectivity index (χ0) is 30.2. The van der Waals surface area contributed by atoms with E-state index in [-0.39, 0.29) is 23.7 Å². The van der Waals surface area contributed by atoms with Crippen molar-refractivity contribution < 1.29 is 42.9 Å². The van der Waals surface area contributed by atoms with Crippen molar-refractivity contribution in [2.45, 2.75) is 29.7 Å². The van der Waals surface area contributed by atoms with Crippen molar-refractivity contribution in [3.63, 3.8) is 0 Å². The second-order valence-electron chi connectivity index (χ2n) is 8.38. The van der Waals surface area contributed by atoms with Gasteiger partial charge in [-0.2, -0.15) is 0 Å². The van der Waals surface area contributed by atoms with Crippen LogP contribution in [0.2, 0.25) is 5.02 Å². The Labute approximate surface area is 243 Å². The Kier molecular flexibility index (Phi) is 10.8. The number of aromatic nitrogens is 2. The van der Waals surface area contributed by atoms with E-state index < -0.39 is 62.3 Å². The molecule has 216 valence electrons. The van der Waals surface area contributed by atoms with E-state index in [0.717, 1.165) is 36.2 Å². The number of amides is 1. The maximum atomic E-state index is 12.7. The van der Waals surface area contributed by atoms with Gasteiger partial charge < -0.3 is 20.6 Å². The number of nitrogens with zero attached hydrogens (tertiary/aromatic N) is 2. The lowest BCUT2D eigenvalue weighted by atomic mass is 10.1. The normalized spacial score (nSPS) is 11.9. The molecule has 0 unspecified atom stereocenters. The number of halogens is 1. The van der Waals surface area contributed by atoms with Crippen LogP contribution in [0.1, 0.15) is 38.5 Å². The van der Waals surface area contributed by atoms with Gasteiger partial charge >= 0.3 is 11.9 Å². The average molecular weight is 623 g/mol. The highest BCUT2D eigenvalue weighted by Gasteiger charge is 2.25. The molecule has 1 amide bonds. The standard InChI is InChI=1S/C25H23ClN4O9S2/c26-18-4-2-1-3-14(18)12-40-13-22(32)19(8-23(33)34)30-24(35)20-11-27-15(9-28-20)10-29-41(38,39)16-5-6-21(31)17(7-16)25(36)37/h1-7,9,11,19,29,31H,8,10,12-13H2,(H,30,35)(H,33,34)(H,36,37)/t19-/m1/s1. The number of carboxylic acids is 2. The van der Waals surface area contributed by atoms with Gasteiger partial charge in [0.15, 0.2) is 5.78 Å². The van der Waals surface area contributed by atoms with E-state index in [1.807, 2.05) is 0 Å². The molecule has 0 bridgehead atoms. The summed E-state index contributed by atoms with van der Waals surface area (Å²) in [5.41, 5.74) is 0.0584. The van der Waals surface area contributed by atoms with Crippen LogP contribution in [0.5, 0.6) is 5.75 Å². The fourth-order valence-electron chi connectivity index (χ4n) is 3.30. The Morgan fingerprint density at radius 1 is 1.02 bits per heavy atom. The molecule has 0 aliphatic heterocycles. The van der Waals surface area contributed by atoms with Crippen LogP contribution in [0.15, 0.2) is 59.8 Å². The first-order valence-electron chi connectivity index (χ1n) is 11.6. The molecule has 0 spiro atoms. The summed E-state index contributed by atoms with van der Waals surface area (Å²) in [6.45, 7) is -0.372. The number of thioether (sulfide) groups is 1. The predicted molar refractivity (Wildman–Crippen MR) is 147 cm³/mol. The Hall–Kier alpha value is -4.05. The van der Waals surface area contributed by atoms with E-state index in [1.54, 1.807) is 24.3 Å². The Morgan fingerprint density at radius 3 is 2.39 bits per heavy atom. The summed E-state index contributed by atoms with van der Waals surface area (Å²) in [5.74, 6) is -4.45. The monoisotopic (exact) mass is 622 g/mol. The lowest BCUT2D eigenvalue weighted by Gasteiger charge is -2.15. The molecular formula is C25H23ClN4O9S2. The van der Waals surface area contributed by atoms with Gasteiger partial charge in [0.1, 0.15) is 17.0 Å². The highest BCUT2D eigenvalue weighted by molar-refractivity contribution is 7.99. The quantitative estimate of drug-likeness (QED) is 0.175. The number of nitrogens with one attached hydrogen (secondary N) is 2. The van der Waals surface area contributed by atoms with Crippen LogP contribution in [0, 0.1) is 0 Å². The van der Waals surface area contributed by atoms with E-state index in [0.29, 0.717) is 10.8 Å². The van der Waals surface area contributed by atoms with Gasteiger partial charge in [-0.05, 0) is 29.8 Å². The smallest absolute Gasteiger partial charge is 0.339 e. The lowest BCUT2D eigenvalue weighted by Crippen LogP contribution is -2.43.